The second-order valence-electron chi connectivity index (χ2n) is 4.79. The zero-order valence-electron chi connectivity index (χ0n) is 10.8. The molecule has 5 heteroatoms. The van der Waals surface area contributed by atoms with E-state index in [9.17, 15) is 4.79 Å². The van der Waals surface area contributed by atoms with Crippen LogP contribution in [0.5, 0.6) is 0 Å². The van der Waals surface area contributed by atoms with E-state index in [0.29, 0.717) is 12.3 Å². The summed E-state index contributed by atoms with van der Waals surface area (Å²) < 4.78 is 5.21. The molecule has 1 heterocycles. The Morgan fingerprint density at radius 1 is 1.53 bits per heavy atom. The van der Waals surface area contributed by atoms with Crippen LogP contribution in [-0.4, -0.2) is 44.2 Å². The van der Waals surface area contributed by atoms with Crippen LogP contribution in [0.4, 0.5) is 0 Å². The Morgan fingerprint density at radius 2 is 2.35 bits per heavy atom. The molecule has 1 aliphatic rings. The first kappa shape index (κ1) is 14.4. The summed E-state index contributed by atoms with van der Waals surface area (Å²) in [6.07, 6.45) is 5.05. The molecule has 0 aromatic heterocycles. The van der Waals surface area contributed by atoms with Crippen molar-refractivity contribution in [1.29, 1.82) is 0 Å². The van der Waals surface area contributed by atoms with Gasteiger partial charge in [0.2, 0.25) is 5.91 Å². The third-order valence-corrected chi connectivity index (χ3v) is 3.29. The SMILES string of the molecule is COCC1CCCN(CCCCC(=O)NN)C1. The smallest absolute Gasteiger partial charge is 0.233 e. The molecule has 1 saturated heterocycles. The third kappa shape index (κ3) is 6.00. The molecule has 0 saturated carbocycles. The number of nitrogens with zero attached hydrogens (tertiary/aromatic N) is 1. The lowest BCUT2D eigenvalue weighted by molar-refractivity contribution is -0.121. The first-order valence-electron chi connectivity index (χ1n) is 6.47. The van der Waals surface area contributed by atoms with E-state index in [1.807, 2.05) is 0 Å². The summed E-state index contributed by atoms with van der Waals surface area (Å²) >= 11 is 0. The summed E-state index contributed by atoms with van der Waals surface area (Å²) in [5, 5.41) is 0. The zero-order chi connectivity index (χ0) is 12.5. The molecule has 0 spiro atoms. The van der Waals surface area contributed by atoms with Crippen molar-refractivity contribution < 1.29 is 9.53 Å². The topological polar surface area (TPSA) is 67.6 Å². The van der Waals surface area contributed by atoms with Gasteiger partial charge in [-0.15, -0.1) is 0 Å². The number of nitrogens with one attached hydrogen (secondary N) is 1. The molecule has 0 radical (unpaired) electrons. The number of amides is 1. The Balaban J connectivity index is 2.08. The lowest BCUT2D eigenvalue weighted by Gasteiger charge is -2.32. The molecule has 3 N–H and O–H groups in total. The van der Waals surface area contributed by atoms with Crippen molar-refractivity contribution in [3.05, 3.63) is 0 Å². The van der Waals surface area contributed by atoms with Crippen LogP contribution in [0, 0.1) is 5.92 Å². The van der Waals surface area contributed by atoms with E-state index < -0.39 is 0 Å². The third-order valence-electron chi connectivity index (χ3n) is 3.29. The van der Waals surface area contributed by atoms with Gasteiger partial charge in [-0.1, -0.05) is 0 Å². The summed E-state index contributed by atoms with van der Waals surface area (Å²) in [5.74, 6) is 5.64. The van der Waals surface area contributed by atoms with Crippen LogP contribution in [0.3, 0.4) is 0 Å². The molecule has 1 rings (SSSR count). The number of carbonyl (C=O) groups is 1. The molecule has 1 amide bonds. The number of nitrogens with two attached hydrogens (primary N) is 1. The van der Waals surface area contributed by atoms with E-state index in [4.69, 9.17) is 10.6 Å². The number of hydrogen-bond acceptors (Lipinski definition) is 4. The maximum atomic E-state index is 10.9. The van der Waals surface area contributed by atoms with Crippen LogP contribution in [0.25, 0.3) is 0 Å². The predicted octanol–water partition coefficient (Wildman–Crippen LogP) is 0.505. The Morgan fingerprint density at radius 3 is 3.06 bits per heavy atom. The fraction of sp³-hybridized carbons (Fsp3) is 0.917. The van der Waals surface area contributed by atoms with Gasteiger partial charge in [-0.05, 0) is 44.7 Å². The summed E-state index contributed by atoms with van der Waals surface area (Å²) in [6.45, 7) is 4.27. The molecular weight excluding hydrogens is 218 g/mol. The van der Waals surface area contributed by atoms with Gasteiger partial charge in [0.1, 0.15) is 0 Å². The molecule has 100 valence electrons. The van der Waals surface area contributed by atoms with E-state index in [1.165, 1.54) is 19.4 Å². The molecule has 0 aliphatic carbocycles. The van der Waals surface area contributed by atoms with Gasteiger partial charge in [0, 0.05) is 20.1 Å². The highest BCUT2D eigenvalue weighted by atomic mass is 16.5. The normalized spacial score (nSPS) is 21.4. The molecule has 1 atom stereocenters. The first-order chi connectivity index (χ1) is 8.26. The number of ether oxygens (including phenoxy) is 1. The Labute approximate surface area is 104 Å². The van der Waals surface area contributed by atoms with Gasteiger partial charge in [0.25, 0.3) is 0 Å². The van der Waals surface area contributed by atoms with E-state index in [2.05, 4.69) is 10.3 Å². The van der Waals surface area contributed by atoms with Gasteiger partial charge >= 0.3 is 0 Å². The molecule has 0 aromatic rings. The molecular formula is C12H25N3O2. The van der Waals surface area contributed by atoms with Crippen molar-refractivity contribution in [2.45, 2.75) is 32.1 Å². The highest BCUT2D eigenvalue weighted by molar-refractivity contribution is 5.75. The van der Waals surface area contributed by atoms with Gasteiger partial charge in [-0.2, -0.15) is 0 Å². The number of likely N-dealkylation sites (tertiary alicyclic amines) is 1. The zero-order valence-corrected chi connectivity index (χ0v) is 10.8. The number of methoxy groups -OCH3 is 1. The Bertz CT molecular complexity index is 222. The number of piperidine rings is 1. The molecule has 17 heavy (non-hydrogen) atoms. The van der Waals surface area contributed by atoms with Crippen LogP contribution in [-0.2, 0) is 9.53 Å². The molecule has 1 fully saturated rings. The maximum absolute atomic E-state index is 10.9. The van der Waals surface area contributed by atoms with Gasteiger partial charge in [0.15, 0.2) is 0 Å². The van der Waals surface area contributed by atoms with Crippen molar-refractivity contribution in [3.63, 3.8) is 0 Å². The van der Waals surface area contributed by atoms with Crippen molar-refractivity contribution >= 4 is 5.91 Å². The van der Waals surface area contributed by atoms with Gasteiger partial charge in [-0.25, -0.2) is 5.84 Å². The van der Waals surface area contributed by atoms with Gasteiger partial charge in [0.05, 0.1) is 6.61 Å². The fourth-order valence-electron chi connectivity index (χ4n) is 2.42. The van der Waals surface area contributed by atoms with E-state index in [0.717, 1.165) is 32.5 Å². The van der Waals surface area contributed by atoms with Crippen LogP contribution < -0.4 is 11.3 Å². The number of unbranched alkanes of at least 4 members (excludes halogenated alkanes) is 1. The molecule has 1 unspecified atom stereocenters. The van der Waals surface area contributed by atoms with E-state index in [-0.39, 0.29) is 5.91 Å². The molecule has 0 aromatic carbocycles. The highest BCUT2D eigenvalue weighted by Gasteiger charge is 2.19. The molecule has 5 nitrogen and oxygen atoms in total. The van der Waals surface area contributed by atoms with Gasteiger partial charge < -0.3 is 9.64 Å². The summed E-state index contributed by atoms with van der Waals surface area (Å²) in [4.78, 5) is 13.4. The maximum Gasteiger partial charge on any atom is 0.233 e. The second kappa shape index (κ2) is 8.44. The molecule has 0 bridgehead atoms. The minimum atomic E-state index is -0.0686. The quantitative estimate of drug-likeness (QED) is 0.296. The van der Waals surface area contributed by atoms with Crippen molar-refractivity contribution in [2.75, 3.05) is 33.4 Å². The second-order valence-corrected chi connectivity index (χ2v) is 4.79. The van der Waals surface area contributed by atoms with Crippen molar-refractivity contribution in [3.8, 4) is 0 Å². The lowest BCUT2D eigenvalue weighted by Crippen LogP contribution is -2.37. The summed E-state index contributed by atoms with van der Waals surface area (Å²) in [5.41, 5.74) is 2.16. The summed E-state index contributed by atoms with van der Waals surface area (Å²) in [6, 6.07) is 0. The monoisotopic (exact) mass is 243 g/mol. The largest absolute Gasteiger partial charge is 0.384 e. The minimum absolute atomic E-state index is 0.0686. The van der Waals surface area contributed by atoms with E-state index >= 15 is 0 Å². The number of rotatable bonds is 7. The van der Waals surface area contributed by atoms with Crippen LogP contribution in [0.2, 0.25) is 0 Å². The van der Waals surface area contributed by atoms with Crippen LogP contribution in [0.15, 0.2) is 0 Å². The average Bonchev–Trinajstić information content (AvgIpc) is 2.35. The molecule has 1 aliphatic heterocycles. The minimum Gasteiger partial charge on any atom is -0.384 e. The van der Waals surface area contributed by atoms with Crippen LogP contribution >= 0.6 is 0 Å². The Kier molecular flexibility index (Phi) is 7.16. The van der Waals surface area contributed by atoms with Crippen molar-refractivity contribution in [2.24, 2.45) is 11.8 Å². The number of hydrogen-bond donors (Lipinski definition) is 2. The number of hydrazine groups is 1. The fourth-order valence-corrected chi connectivity index (χ4v) is 2.42. The van der Waals surface area contributed by atoms with Crippen LogP contribution in [0.1, 0.15) is 32.1 Å². The first-order valence-corrected chi connectivity index (χ1v) is 6.47. The predicted molar refractivity (Wildman–Crippen MR) is 67.2 cm³/mol. The van der Waals surface area contributed by atoms with Crippen molar-refractivity contribution in [1.82, 2.24) is 10.3 Å². The van der Waals surface area contributed by atoms with Gasteiger partial charge in [-0.3, -0.25) is 10.2 Å². The van der Waals surface area contributed by atoms with E-state index in [1.54, 1.807) is 7.11 Å². The lowest BCUT2D eigenvalue weighted by atomic mass is 9.99. The Hall–Kier alpha value is -0.650. The average molecular weight is 243 g/mol. The standard InChI is InChI=1S/C12H25N3O2/c1-17-10-11-5-4-8-15(9-11)7-3-2-6-12(16)14-13/h11H,2-10,13H2,1H3,(H,14,16). The summed E-state index contributed by atoms with van der Waals surface area (Å²) in [7, 11) is 1.77. The number of carbonyl (C=O) groups excluding carboxylic acids is 1. The highest BCUT2D eigenvalue weighted by Crippen LogP contribution is 2.17.